The monoisotopic (exact) mass is 508 g/mol. The zero-order valence-electron chi connectivity index (χ0n) is 17.8. The number of benzene rings is 2. The van der Waals surface area contributed by atoms with Crippen molar-refractivity contribution in [2.75, 3.05) is 13.1 Å². The first-order chi connectivity index (χ1) is 16.2. The maximum Gasteiger partial charge on any atom is 0.573 e. The van der Waals surface area contributed by atoms with E-state index in [1.54, 1.807) is 12.3 Å². The molecule has 0 saturated carbocycles. The number of piperidine rings is 1. The van der Waals surface area contributed by atoms with Crippen molar-refractivity contribution in [3.05, 3.63) is 88.7 Å². The summed E-state index contributed by atoms with van der Waals surface area (Å²) in [6, 6.07) is 16.8. The molecule has 178 valence electrons. The third-order valence-corrected chi connectivity index (χ3v) is 7.85. The summed E-state index contributed by atoms with van der Waals surface area (Å²) in [4.78, 5) is 4.87. The lowest BCUT2D eigenvalue weighted by Gasteiger charge is -2.39. The van der Waals surface area contributed by atoms with Gasteiger partial charge in [-0.3, -0.25) is 4.98 Å². The van der Waals surface area contributed by atoms with Gasteiger partial charge in [-0.05, 0) is 60.4 Å². The minimum Gasteiger partial charge on any atom is -0.406 e. The number of halogens is 4. The predicted molar refractivity (Wildman–Crippen MR) is 121 cm³/mol. The molecule has 1 saturated heterocycles. The van der Waals surface area contributed by atoms with Crippen LogP contribution in [-0.4, -0.2) is 32.9 Å². The molecule has 2 atom stereocenters. The maximum absolute atomic E-state index is 13.1. The highest BCUT2D eigenvalue weighted by Gasteiger charge is 2.48. The molecule has 2 unspecified atom stereocenters. The summed E-state index contributed by atoms with van der Waals surface area (Å²) in [5.74, 6) is -0.344. The minimum atomic E-state index is -4.77. The standard InChI is InChI=1S/C24H20ClF3N2O3S/c25-16-5-10-21(29-15-16)22-19-3-1-2-4-20(19)23(33-22)11-13-30(14-12-23)34(31)18-8-6-17(7-9-18)32-24(26,27)28/h1-10,15,22H,11-14H2. The van der Waals surface area contributed by atoms with Gasteiger partial charge in [-0.1, -0.05) is 35.9 Å². The number of aromatic nitrogens is 1. The van der Waals surface area contributed by atoms with E-state index >= 15 is 0 Å². The third-order valence-electron chi connectivity index (χ3n) is 6.12. The fraction of sp³-hybridized carbons (Fsp3) is 0.292. The zero-order valence-corrected chi connectivity index (χ0v) is 19.4. The molecule has 2 aromatic carbocycles. The Bertz CT molecular complexity index is 1200. The largest absolute Gasteiger partial charge is 0.573 e. The fourth-order valence-electron chi connectivity index (χ4n) is 4.56. The second-order valence-electron chi connectivity index (χ2n) is 8.18. The number of nitrogens with zero attached hydrogens (tertiary/aromatic N) is 2. The lowest BCUT2D eigenvalue weighted by atomic mass is 9.84. The molecule has 5 rings (SSSR count). The van der Waals surface area contributed by atoms with Crippen LogP contribution >= 0.6 is 11.6 Å². The molecular weight excluding hydrogens is 489 g/mol. The van der Waals surface area contributed by atoms with E-state index in [1.165, 1.54) is 24.3 Å². The van der Waals surface area contributed by atoms with Crippen LogP contribution in [0.4, 0.5) is 13.2 Å². The van der Waals surface area contributed by atoms with Crippen LogP contribution in [0.5, 0.6) is 5.75 Å². The molecule has 3 aromatic rings. The molecule has 0 bridgehead atoms. The van der Waals surface area contributed by atoms with Crippen molar-refractivity contribution in [1.29, 1.82) is 0 Å². The van der Waals surface area contributed by atoms with E-state index in [2.05, 4.69) is 15.8 Å². The molecule has 1 aromatic heterocycles. The molecule has 2 aliphatic heterocycles. The molecule has 10 heteroatoms. The first-order valence-electron chi connectivity index (χ1n) is 10.7. The van der Waals surface area contributed by atoms with Crippen LogP contribution in [0, 0.1) is 0 Å². The van der Waals surface area contributed by atoms with E-state index in [-0.39, 0.29) is 11.9 Å². The van der Waals surface area contributed by atoms with Gasteiger partial charge in [0.05, 0.1) is 21.2 Å². The summed E-state index contributed by atoms with van der Waals surface area (Å²) in [6.07, 6.45) is -2.24. The Kier molecular flexibility index (Phi) is 6.14. The Morgan fingerprint density at radius 2 is 1.76 bits per heavy atom. The highest BCUT2D eigenvalue weighted by atomic mass is 35.5. The van der Waals surface area contributed by atoms with E-state index in [1.807, 2.05) is 28.6 Å². The van der Waals surface area contributed by atoms with E-state index in [0.717, 1.165) is 16.8 Å². The van der Waals surface area contributed by atoms with Gasteiger partial charge in [0.1, 0.15) is 22.8 Å². The third kappa shape index (κ3) is 4.57. The molecule has 0 N–H and O–H groups in total. The van der Waals surface area contributed by atoms with E-state index in [0.29, 0.717) is 35.8 Å². The van der Waals surface area contributed by atoms with E-state index in [9.17, 15) is 17.4 Å². The highest BCUT2D eigenvalue weighted by molar-refractivity contribution is 7.82. The summed E-state index contributed by atoms with van der Waals surface area (Å²) >= 11 is 6.00. The first kappa shape index (κ1) is 23.3. The van der Waals surface area contributed by atoms with Crippen LogP contribution in [0.1, 0.15) is 35.8 Å². The van der Waals surface area contributed by atoms with Crippen LogP contribution in [0.2, 0.25) is 5.02 Å². The Hall–Kier alpha value is -2.46. The van der Waals surface area contributed by atoms with Crippen LogP contribution < -0.4 is 4.74 Å². The van der Waals surface area contributed by atoms with Crippen molar-refractivity contribution >= 4 is 22.6 Å². The Morgan fingerprint density at radius 3 is 2.41 bits per heavy atom. The zero-order chi connectivity index (χ0) is 23.9. The summed E-state index contributed by atoms with van der Waals surface area (Å²) in [6.45, 7) is 1.00. The average molecular weight is 509 g/mol. The summed E-state index contributed by atoms with van der Waals surface area (Å²) in [7, 11) is -1.51. The van der Waals surface area contributed by atoms with Crippen molar-refractivity contribution in [2.45, 2.75) is 35.8 Å². The Balaban J connectivity index is 1.31. The van der Waals surface area contributed by atoms with Gasteiger partial charge < -0.3 is 9.47 Å². The Labute approximate surface area is 202 Å². The summed E-state index contributed by atoms with van der Waals surface area (Å²) < 4.78 is 62.6. The van der Waals surface area contributed by atoms with Crippen molar-refractivity contribution < 1.29 is 26.9 Å². The van der Waals surface area contributed by atoms with Crippen molar-refractivity contribution in [3.63, 3.8) is 0 Å². The average Bonchev–Trinajstić information content (AvgIpc) is 3.13. The summed E-state index contributed by atoms with van der Waals surface area (Å²) in [5, 5.41) is 0.554. The number of pyridine rings is 1. The molecule has 34 heavy (non-hydrogen) atoms. The van der Waals surface area contributed by atoms with Gasteiger partial charge in [0.2, 0.25) is 0 Å². The number of alkyl halides is 3. The second-order valence-corrected chi connectivity index (χ2v) is 10.1. The summed E-state index contributed by atoms with van der Waals surface area (Å²) in [5.41, 5.74) is 2.43. The van der Waals surface area contributed by atoms with E-state index in [4.69, 9.17) is 16.3 Å². The van der Waals surface area contributed by atoms with Crippen LogP contribution in [0.15, 0.2) is 71.8 Å². The van der Waals surface area contributed by atoms with Crippen molar-refractivity contribution in [1.82, 2.24) is 9.29 Å². The number of rotatable bonds is 4. The molecule has 1 fully saturated rings. The van der Waals surface area contributed by atoms with Crippen molar-refractivity contribution in [3.8, 4) is 5.75 Å². The highest BCUT2D eigenvalue weighted by Crippen LogP contribution is 2.51. The van der Waals surface area contributed by atoms with Crippen LogP contribution in [-0.2, 0) is 21.3 Å². The van der Waals surface area contributed by atoms with Crippen LogP contribution in [0.25, 0.3) is 0 Å². The number of hydrogen-bond donors (Lipinski definition) is 0. The fourth-order valence-corrected chi connectivity index (χ4v) is 5.86. The molecule has 0 amide bonds. The lowest BCUT2D eigenvalue weighted by Crippen LogP contribution is -2.43. The van der Waals surface area contributed by atoms with Gasteiger partial charge in [-0.25, -0.2) is 8.51 Å². The smallest absolute Gasteiger partial charge is 0.406 e. The molecule has 0 aliphatic carbocycles. The number of ether oxygens (including phenoxy) is 2. The number of fused-ring (bicyclic) bond motifs is 2. The minimum absolute atomic E-state index is 0.313. The molecule has 2 aliphatic rings. The second kappa shape index (κ2) is 8.96. The van der Waals surface area contributed by atoms with Crippen LogP contribution in [0.3, 0.4) is 0 Å². The van der Waals surface area contributed by atoms with E-state index < -0.39 is 22.9 Å². The number of hydrogen-bond acceptors (Lipinski definition) is 4. The topological polar surface area (TPSA) is 51.7 Å². The molecule has 0 radical (unpaired) electrons. The quantitative estimate of drug-likeness (QED) is 0.449. The first-order valence-corrected chi connectivity index (χ1v) is 12.1. The molecular formula is C24H20ClF3N2O3S. The van der Waals surface area contributed by atoms with Gasteiger partial charge in [0.25, 0.3) is 0 Å². The van der Waals surface area contributed by atoms with Gasteiger partial charge in [-0.2, -0.15) is 0 Å². The molecule has 3 heterocycles. The SMILES string of the molecule is O=S(c1ccc(OC(F)(F)F)cc1)N1CCC2(CC1)OC(c1ccc(Cl)cn1)c1ccccc12. The molecule has 1 spiro atoms. The van der Waals surface area contributed by atoms with Gasteiger partial charge in [0, 0.05) is 19.3 Å². The Morgan fingerprint density at radius 1 is 1.06 bits per heavy atom. The predicted octanol–water partition coefficient (Wildman–Crippen LogP) is 5.77. The maximum atomic E-state index is 13.1. The van der Waals surface area contributed by atoms with Gasteiger partial charge >= 0.3 is 6.36 Å². The van der Waals surface area contributed by atoms with Crippen molar-refractivity contribution in [2.24, 2.45) is 0 Å². The van der Waals surface area contributed by atoms with Gasteiger partial charge in [-0.15, -0.1) is 13.2 Å². The molecule has 5 nitrogen and oxygen atoms in total. The van der Waals surface area contributed by atoms with Gasteiger partial charge in [0.15, 0.2) is 0 Å². The normalized spacial score (nSPS) is 20.8. The lowest BCUT2D eigenvalue weighted by molar-refractivity contribution is -0.274.